The maximum absolute atomic E-state index is 12.4. The number of aromatic nitrogens is 1. The third-order valence-corrected chi connectivity index (χ3v) is 6.27. The molecule has 7 heteroatoms. The standard InChI is InChI=1S/C14H19ClN2O3S/c15-13-7-4-8-16-14(13)21(18,19)17-9-12(10-17)20-11-5-2-1-3-6-11/h4,7-8,11-12H,1-3,5-6,9-10H2. The zero-order valence-corrected chi connectivity index (χ0v) is 13.3. The Morgan fingerprint density at radius 2 is 1.90 bits per heavy atom. The third-order valence-electron chi connectivity index (χ3n) is 4.06. The first-order valence-corrected chi connectivity index (χ1v) is 9.15. The van der Waals surface area contributed by atoms with E-state index in [2.05, 4.69) is 4.98 Å². The van der Waals surface area contributed by atoms with E-state index in [1.165, 1.54) is 35.8 Å². The summed E-state index contributed by atoms with van der Waals surface area (Å²) in [5.41, 5.74) is 0. The molecule has 2 fully saturated rings. The van der Waals surface area contributed by atoms with Crippen LogP contribution in [0.4, 0.5) is 0 Å². The first-order valence-electron chi connectivity index (χ1n) is 7.33. The summed E-state index contributed by atoms with van der Waals surface area (Å²) in [5.74, 6) is 0. The Labute approximate surface area is 130 Å². The highest BCUT2D eigenvalue weighted by Crippen LogP contribution is 2.29. The van der Waals surface area contributed by atoms with E-state index >= 15 is 0 Å². The summed E-state index contributed by atoms with van der Waals surface area (Å²) in [5, 5.41) is 0.0944. The summed E-state index contributed by atoms with van der Waals surface area (Å²) >= 11 is 5.93. The molecule has 21 heavy (non-hydrogen) atoms. The molecule has 1 aromatic rings. The van der Waals surface area contributed by atoms with Crippen LogP contribution >= 0.6 is 11.6 Å². The van der Waals surface area contributed by atoms with Gasteiger partial charge in [-0.3, -0.25) is 0 Å². The lowest BCUT2D eigenvalue weighted by Crippen LogP contribution is -2.55. The van der Waals surface area contributed by atoms with Gasteiger partial charge in [-0.15, -0.1) is 0 Å². The van der Waals surface area contributed by atoms with Gasteiger partial charge in [-0.1, -0.05) is 30.9 Å². The maximum atomic E-state index is 12.4. The average Bonchev–Trinajstić information content (AvgIpc) is 2.43. The van der Waals surface area contributed by atoms with E-state index in [-0.39, 0.29) is 16.2 Å². The number of halogens is 1. The lowest BCUT2D eigenvalue weighted by Gasteiger charge is -2.40. The summed E-state index contributed by atoms with van der Waals surface area (Å²) < 4.78 is 32.1. The summed E-state index contributed by atoms with van der Waals surface area (Å²) in [6.07, 6.45) is 7.63. The predicted octanol–water partition coefficient (Wildman–Crippen LogP) is 2.46. The number of ether oxygens (including phenoxy) is 1. The molecule has 0 spiro atoms. The van der Waals surface area contributed by atoms with Crippen LogP contribution in [0.15, 0.2) is 23.4 Å². The fraction of sp³-hybridized carbons (Fsp3) is 0.643. The van der Waals surface area contributed by atoms with Gasteiger partial charge in [0.25, 0.3) is 10.0 Å². The topological polar surface area (TPSA) is 59.5 Å². The number of hydrogen-bond donors (Lipinski definition) is 0. The van der Waals surface area contributed by atoms with Crippen LogP contribution in [-0.2, 0) is 14.8 Å². The Kier molecular flexibility index (Phi) is 4.49. The molecule has 1 aromatic heterocycles. The van der Waals surface area contributed by atoms with Crippen LogP contribution in [0, 0.1) is 0 Å². The minimum Gasteiger partial charge on any atom is -0.372 e. The van der Waals surface area contributed by atoms with Crippen LogP contribution in [-0.4, -0.2) is 43.0 Å². The molecule has 0 amide bonds. The van der Waals surface area contributed by atoms with Crippen molar-refractivity contribution in [3.63, 3.8) is 0 Å². The molecule has 2 heterocycles. The Balaban J connectivity index is 1.59. The molecule has 0 bridgehead atoms. The van der Waals surface area contributed by atoms with Crippen LogP contribution in [0.25, 0.3) is 0 Å². The Morgan fingerprint density at radius 3 is 2.57 bits per heavy atom. The fourth-order valence-electron chi connectivity index (χ4n) is 2.84. The molecular weight excluding hydrogens is 312 g/mol. The molecule has 1 aliphatic heterocycles. The smallest absolute Gasteiger partial charge is 0.262 e. The summed E-state index contributed by atoms with van der Waals surface area (Å²) in [6.45, 7) is 0.789. The third kappa shape index (κ3) is 3.23. The van der Waals surface area contributed by atoms with Crippen molar-refractivity contribution in [1.82, 2.24) is 9.29 Å². The zero-order valence-electron chi connectivity index (χ0n) is 11.7. The molecule has 0 unspecified atom stereocenters. The molecule has 0 radical (unpaired) electrons. The molecule has 5 nitrogen and oxygen atoms in total. The van der Waals surface area contributed by atoms with E-state index in [0.29, 0.717) is 19.2 Å². The second-order valence-corrected chi connectivity index (χ2v) is 7.89. The van der Waals surface area contributed by atoms with Gasteiger partial charge in [0, 0.05) is 19.3 Å². The lowest BCUT2D eigenvalue weighted by molar-refractivity contribution is -0.0778. The average molecular weight is 331 g/mol. The quantitative estimate of drug-likeness (QED) is 0.851. The van der Waals surface area contributed by atoms with Crippen LogP contribution < -0.4 is 0 Å². The molecule has 1 aliphatic carbocycles. The van der Waals surface area contributed by atoms with Gasteiger partial charge < -0.3 is 4.74 Å². The monoisotopic (exact) mass is 330 g/mol. The second kappa shape index (κ2) is 6.20. The van der Waals surface area contributed by atoms with Gasteiger partial charge >= 0.3 is 0 Å². The van der Waals surface area contributed by atoms with Gasteiger partial charge in [-0.25, -0.2) is 13.4 Å². The first kappa shape index (κ1) is 15.2. The Hall–Kier alpha value is -0.690. The molecule has 1 saturated carbocycles. The Morgan fingerprint density at radius 1 is 1.19 bits per heavy atom. The highest BCUT2D eigenvalue weighted by molar-refractivity contribution is 7.89. The van der Waals surface area contributed by atoms with Gasteiger partial charge in [0.1, 0.15) is 0 Å². The number of rotatable bonds is 4. The summed E-state index contributed by atoms with van der Waals surface area (Å²) in [6, 6.07) is 3.16. The summed E-state index contributed by atoms with van der Waals surface area (Å²) in [7, 11) is -3.60. The van der Waals surface area contributed by atoms with Crippen molar-refractivity contribution in [3.05, 3.63) is 23.4 Å². The SMILES string of the molecule is O=S(=O)(c1ncccc1Cl)N1CC(OC2CCCCC2)C1. The van der Waals surface area contributed by atoms with Crippen molar-refractivity contribution < 1.29 is 13.2 Å². The Bertz CT molecular complexity index is 596. The fourth-order valence-corrected chi connectivity index (χ4v) is 4.73. The van der Waals surface area contributed by atoms with Crippen molar-refractivity contribution in [2.24, 2.45) is 0 Å². The van der Waals surface area contributed by atoms with Crippen LogP contribution in [0.5, 0.6) is 0 Å². The summed E-state index contributed by atoms with van der Waals surface area (Å²) in [4.78, 5) is 3.89. The van der Waals surface area contributed by atoms with Crippen molar-refractivity contribution in [1.29, 1.82) is 0 Å². The van der Waals surface area contributed by atoms with Gasteiger partial charge in [0.15, 0.2) is 5.03 Å². The molecule has 3 rings (SSSR count). The molecule has 0 N–H and O–H groups in total. The molecule has 0 atom stereocenters. The molecular formula is C14H19ClN2O3S. The van der Waals surface area contributed by atoms with Crippen molar-refractivity contribution >= 4 is 21.6 Å². The van der Waals surface area contributed by atoms with Crippen LogP contribution in [0.3, 0.4) is 0 Å². The predicted molar refractivity (Wildman–Crippen MR) is 79.8 cm³/mol. The van der Waals surface area contributed by atoms with Crippen LogP contribution in [0.1, 0.15) is 32.1 Å². The van der Waals surface area contributed by atoms with E-state index in [9.17, 15) is 8.42 Å². The maximum Gasteiger partial charge on any atom is 0.262 e. The van der Waals surface area contributed by atoms with E-state index in [4.69, 9.17) is 16.3 Å². The normalized spacial score (nSPS) is 22.1. The van der Waals surface area contributed by atoms with Crippen molar-refractivity contribution in [2.75, 3.05) is 13.1 Å². The van der Waals surface area contributed by atoms with E-state index in [1.807, 2.05) is 0 Å². The van der Waals surface area contributed by atoms with Crippen LogP contribution in [0.2, 0.25) is 5.02 Å². The number of sulfonamides is 1. The zero-order chi connectivity index (χ0) is 14.9. The number of pyridine rings is 1. The van der Waals surface area contributed by atoms with Gasteiger partial charge in [-0.05, 0) is 25.0 Å². The minimum absolute atomic E-state index is 0.00497. The molecule has 2 aliphatic rings. The number of nitrogens with zero attached hydrogens (tertiary/aromatic N) is 2. The molecule has 0 aromatic carbocycles. The largest absolute Gasteiger partial charge is 0.372 e. The highest BCUT2D eigenvalue weighted by Gasteiger charge is 2.40. The van der Waals surface area contributed by atoms with Gasteiger partial charge in [-0.2, -0.15) is 4.31 Å². The van der Waals surface area contributed by atoms with Crippen molar-refractivity contribution in [3.8, 4) is 0 Å². The van der Waals surface area contributed by atoms with E-state index in [0.717, 1.165) is 12.8 Å². The van der Waals surface area contributed by atoms with E-state index < -0.39 is 10.0 Å². The minimum atomic E-state index is -3.60. The van der Waals surface area contributed by atoms with Gasteiger partial charge in [0.05, 0.1) is 17.2 Å². The first-order chi connectivity index (χ1) is 10.1. The van der Waals surface area contributed by atoms with Crippen molar-refractivity contribution in [2.45, 2.75) is 49.3 Å². The second-order valence-electron chi connectivity index (χ2n) is 5.63. The molecule has 116 valence electrons. The van der Waals surface area contributed by atoms with E-state index in [1.54, 1.807) is 6.07 Å². The number of hydrogen-bond acceptors (Lipinski definition) is 4. The highest BCUT2D eigenvalue weighted by atomic mass is 35.5. The lowest BCUT2D eigenvalue weighted by atomic mass is 9.97. The van der Waals surface area contributed by atoms with Gasteiger partial charge in [0.2, 0.25) is 0 Å². The molecule has 1 saturated heterocycles.